The van der Waals surface area contributed by atoms with Gasteiger partial charge in [0.15, 0.2) is 0 Å². The van der Waals surface area contributed by atoms with Gasteiger partial charge < -0.3 is 40.5 Å². The van der Waals surface area contributed by atoms with Crippen LogP contribution in [0.2, 0.25) is 0 Å². The number of rotatable bonds is 7. The lowest BCUT2D eigenvalue weighted by molar-refractivity contribution is -0.138. The third-order valence-electron chi connectivity index (χ3n) is 1.53. The lowest BCUT2D eigenvalue weighted by atomic mass is 10.2. The maximum absolute atomic E-state index is 10.1. The Labute approximate surface area is 116 Å². The van der Waals surface area contributed by atoms with Gasteiger partial charge in [-0.05, 0) is 6.92 Å². The standard InChI is InChI=1S/C5H8O3.2C3H8O3/c1-4(6)2-3-5(7)8;2*4-1-3(6)2-5/h2-3H2,1H3,(H,7,8);2*3-6H,1-2H2. The molecule has 0 rings (SSSR count). The Balaban J connectivity index is -0.000000221. The third-order valence-corrected chi connectivity index (χ3v) is 1.53. The van der Waals surface area contributed by atoms with Gasteiger partial charge in [-0.3, -0.25) is 4.79 Å². The van der Waals surface area contributed by atoms with Crippen LogP contribution in [-0.4, -0.2) is 86.1 Å². The summed E-state index contributed by atoms with van der Waals surface area (Å²) in [5.74, 6) is -0.993. The normalized spacial score (nSPS) is 9.45. The average molecular weight is 300 g/mol. The summed E-state index contributed by atoms with van der Waals surface area (Å²) in [6.45, 7) is -0.0804. The number of carboxylic acids is 1. The molecule has 9 nitrogen and oxygen atoms in total. The summed E-state index contributed by atoms with van der Waals surface area (Å²) >= 11 is 0. The van der Waals surface area contributed by atoms with Crippen LogP contribution < -0.4 is 0 Å². The minimum absolute atomic E-state index is 0.0463. The molecule has 0 saturated carbocycles. The van der Waals surface area contributed by atoms with E-state index in [2.05, 4.69) is 0 Å². The summed E-state index contributed by atoms with van der Waals surface area (Å²) in [5, 5.41) is 56.0. The van der Waals surface area contributed by atoms with Crippen molar-refractivity contribution in [1.82, 2.24) is 0 Å². The lowest BCUT2D eigenvalue weighted by Crippen LogP contribution is -2.15. The lowest BCUT2D eigenvalue weighted by Gasteiger charge is -1.96. The van der Waals surface area contributed by atoms with Gasteiger partial charge in [-0.15, -0.1) is 0 Å². The van der Waals surface area contributed by atoms with Crippen molar-refractivity contribution in [3.05, 3.63) is 0 Å². The topological polar surface area (TPSA) is 176 Å². The van der Waals surface area contributed by atoms with Crippen molar-refractivity contribution in [2.45, 2.75) is 32.0 Å². The van der Waals surface area contributed by atoms with Gasteiger partial charge in [-0.25, -0.2) is 0 Å². The Morgan fingerprint density at radius 3 is 1.15 bits per heavy atom. The van der Waals surface area contributed by atoms with Crippen molar-refractivity contribution in [1.29, 1.82) is 0 Å². The van der Waals surface area contributed by atoms with E-state index in [1.807, 2.05) is 0 Å². The van der Waals surface area contributed by atoms with Gasteiger partial charge in [-0.1, -0.05) is 0 Å². The zero-order chi connectivity index (χ0) is 16.6. The molecule has 0 aromatic carbocycles. The summed E-state index contributed by atoms with van der Waals surface area (Å²) in [4.78, 5) is 19.8. The van der Waals surface area contributed by atoms with Crippen LogP contribution in [0.5, 0.6) is 0 Å². The van der Waals surface area contributed by atoms with Gasteiger partial charge in [0, 0.05) is 6.42 Å². The van der Waals surface area contributed by atoms with Gasteiger partial charge in [0.05, 0.1) is 32.8 Å². The minimum atomic E-state index is -0.954. The molecular weight excluding hydrogens is 276 g/mol. The van der Waals surface area contributed by atoms with Crippen molar-refractivity contribution in [2.75, 3.05) is 26.4 Å². The van der Waals surface area contributed by atoms with E-state index < -0.39 is 18.2 Å². The summed E-state index contributed by atoms with van der Waals surface area (Å²) in [6, 6.07) is 0. The number of aliphatic hydroxyl groups excluding tert-OH is 6. The van der Waals surface area contributed by atoms with Gasteiger partial charge in [0.25, 0.3) is 0 Å². The number of hydrogen-bond donors (Lipinski definition) is 7. The van der Waals surface area contributed by atoms with Crippen LogP contribution in [0.4, 0.5) is 0 Å². The number of aliphatic carboxylic acids is 1. The van der Waals surface area contributed by atoms with Crippen LogP contribution in [0.3, 0.4) is 0 Å². The molecule has 0 aliphatic heterocycles. The first-order chi connectivity index (χ1) is 9.24. The maximum Gasteiger partial charge on any atom is 0.303 e. The highest BCUT2D eigenvalue weighted by Crippen LogP contribution is 1.87. The molecule has 0 aliphatic rings. The van der Waals surface area contributed by atoms with E-state index in [-0.39, 0.29) is 45.1 Å². The Bertz CT molecular complexity index is 200. The molecule has 0 unspecified atom stereocenters. The molecule has 0 saturated heterocycles. The molecule has 122 valence electrons. The summed E-state index contributed by atoms with van der Waals surface area (Å²) in [7, 11) is 0. The molecule has 0 radical (unpaired) electrons. The molecule has 0 fully saturated rings. The second kappa shape index (κ2) is 17.9. The first kappa shape index (κ1) is 24.0. The second-order valence-corrected chi connectivity index (χ2v) is 3.63. The Morgan fingerprint density at radius 1 is 0.800 bits per heavy atom. The largest absolute Gasteiger partial charge is 0.481 e. The third kappa shape index (κ3) is 30.2. The van der Waals surface area contributed by atoms with Gasteiger partial charge in [0.1, 0.15) is 18.0 Å². The van der Waals surface area contributed by atoms with Crippen molar-refractivity contribution in [3.63, 3.8) is 0 Å². The predicted octanol–water partition coefficient (Wildman–Crippen LogP) is -2.90. The van der Waals surface area contributed by atoms with Crippen LogP contribution >= 0.6 is 0 Å². The minimum Gasteiger partial charge on any atom is -0.481 e. The number of hydrogen-bond acceptors (Lipinski definition) is 8. The van der Waals surface area contributed by atoms with Gasteiger partial charge in [0.2, 0.25) is 0 Å². The molecule has 9 heteroatoms. The van der Waals surface area contributed by atoms with E-state index in [1.165, 1.54) is 6.92 Å². The molecular formula is C11H24O9. The maximum atomic E-state index is 10.1. The molecule has 0 bridgehead atoms. The Hall–Kier alpha value is -1.10. The van der Waals surface area contributed by atoms with Crippen molar-refractivity contribution >= 4 is 11.8 Å². The SMILES string of the molecule is CC(=O)CCC(=O)O.OCC(O)CO.OCC(O)CO. The molecule has 7 N–H and O–H groups in total. The predicted molar refractivity (Wildman–Crippen MR) is 67.9 cm³/mol. The monoisotopic (exact) mass is 300 g/mol. The molecule has 0 aromatic heterocycles. The van der Waals surface area contributed by atoms with Crippen molar-refractivity contribution < 1.29 is 45.3 Å². The van der Waals surface area contributed by atoms with E-state index >= 15 is 0 Å². The zero-order valence-electron chi connectivity index (χ0n) is 11.3. The second-order valence-electron chi connectivity index (χ2n) is 3.63. The van der Waals surface area contributed by atoms with E-state index in [4.69, 9.17) is 35.7 Å². The zero-order valence-corrected chi connectivity index (χ0v) is 11.3. The van der Waals surface area contributed by atoms with E-state index in [0.29, 0.717) is 0 Å². The summed E-state index contributed by atoms with van der Waals surface area (Å²) < 4.78 is 0. The molecule has 0 aliphatic carbocycles. The molecule has 0 spiro atoms. The van der Waals surface area contributed by atoms with E-state index in [9.17, 15) is 9.59 Å². The van der Waals surface area contributed by atoms with Crippen LogP contribution in [0.25, 0.3) is 0 Å². The Morgan fingerprint density at radius 2 is 1.10 bits per heavy atom. The van der Waals surface area contributed by atoms with E-state index in [0.717, 1.165) is 0 Å². The average Bonchev–Trinajstić information content (AvgIpc) is 2.44. The fourth-order valence-corrected chi connectivity index (χ4v) is 0.398. The van der Waals surface area contributed by atoms with Crippen LogP contribution in [0.1, 0.15) is 19.8 Å². The van der Waals surface area contributed by atoms with Gasteiger partial charge in [-0.2, -0.15) is 0 Å². The first-order valence-electron chi connectivity index (χ1n) is 5.75. The first-order valence-corrected chi connectivity index (χ1v) is 5.75. The van der Waals surface area contributed by atoms with Crippen molar-refractivity contribution in [2.24, 2.45) is 0 Å². The molecule has 20 heavy (non-hydrogen) atoms. The molecule has 0 heterocycles. The number of carboxylic acid groups (broad SMARTS) is 1. The fourth-order valence-electron chi connectivity index (χ4n) is 0.398. The highest BCUT2D eigenvalue weighted by molar-refractivity contribution is 5.80. The number of Topliss-reactive ketones (excluding diaryl/α,β-unsaturated/α-hetero) is 1. The number of carbonyl (C=O) groups excluding carboxylic acids is 1. The van der Waals surface area contributed by atoms with Gasteiger partial charge >= 0.3 is 5.97 Å². The Kier molecular flexibility index (Phi) is 21.4. The highest BCUT2D eigenvalue weighted by atomic mass is 16.4. The summed E-state index contributed by atoms with van der Waals surface area (Å²) in [5.41, 5.74) is 0. The molecule has 0 atom stereocenters. The number of aliphatic hydroxyl groups is 6. The number of ketones is 1. The fraction of sp³-hybridized carbons (Fsp3) is 0.818. The smallest absolute Gasteiger partial charge is 0.303 e. The van der Waals surface area contributed by atoms with Crippen molar-refractivity contribution in [3.8, 4) is 0 Å². The highest BCUT2D eigenvalue weighted by Gasteiger charge is 1.97. The number of carbonyl (C=O) groups is 2. The van der Waals surface area contributed by atoms with Crippen LogP contribution in [0, 0.1) is 0 Å². The van der Waals surface area contributed by atoms with Crippen LogP contribution in [-0.2, 0) is 9.59 Å². The molecule has 0 amide bonds. The van der Waals surface area contributed by atoms with E-state index in [1.54, 1.807) is 0 Å². The summed E-state index contributed by atoms with van der Waals surface area (Å²) in [6.07, 6.45) is -1.81. The quantitative estimate of drug-likeness (QED) is 0.260. The molecule has 0 aromatic rings. The van der Waals surface area contributed by atoms with Crippen LogP contribution in [0.15, 0.2) is 0 Å².